The Balaban J connectivity index is 2.27. The van der Waals surface area contributed by atoms with Crippen LogP contribution < -0.4 is 0 Å². The first kappa shape index (κ1) is 13.7. The maximum absolute atomic E-state index is 13.5. The Kier molecular flexibility index (Phi) is 3.95. The van der Waals surface area contributed by atoms with E-state index in [-0.39, 0.29) is 11.7 Å². The molecule has 1 heterocycles. The summed E-state index contributed by atoms with van der Waals surface area (Å²) < 4.78 is 18.6. The van der Waals surface area contributed by atoms with Crippen molar-refractivity contribution in [2.75, 3.05) is 0 Å². The number of benzene rings is 1. The molecular weight excluding hydrogens is 247 g/mol. The van der Waals surface area contributed by atoms with Gasteiger partial charge in [-0.15, -0.1) is 0 Å². The van der Waals surface area contributed by atoms with Crippen LogP contribution >= 0.6 is 0 Å². The second kappa shape index (κ2) is 5.48. The summed E-state index contributed by atoms with van der Waals surface area (Å²) in [6.07, 6.45) is 0.0842. The molecule has 0 aliphatic rings. The van der Waals surface area contributed by atoms with E-state index in [0.29, 0.717) is 29.3 Å². The SMILES string of the molecule is CCC(O)C(C)c1nc(-c2ccc(C)c(F)c2)no1. The second-order valence-electron chi connectivity index (χ2n) is 4.68. The van der Waals surface area contributed by atoms with Crippen molar-refractivity contribution in [3.05, 3.63) is 35.5 Å². The van der Waals surface area contributed by atoms with Crippen molar-refractivity contribution in [3.63, 3.8) is 0 Å². The highest BCUT2D eigenvalue weighted by Gasteiger charge is 2.21. The second-order valence-corrected chi connectivity index (χ2v) is 4.68. The highest BCUT2D eigenvalue weighted by molar-refractivity contribution is 5.55. The Morgan fingerprint density at radius 1 is 1.42 bits per heavy atom. The Bertz CT molecular complexity index is 568. The Hall–Kier alpha value is -1.75. The lowest BCUT2D eigenvalue weighted by Gasteiger charge is -2.11. The van der Waals surface area contributed by atoms with Gasteiger partial charge in [-0.3, -0.25) is 0 Å². The zero-order valence-electron chi connectivity index (χ0n) is 11.2. The average Bonchev–Trinajstić information content (AvgIpc) is 2.89. The van der Waals surface area contributed by atoms with Gasteiger partial charge in [0.1, 0.15) is 5.82 Å². The molecule has 1 aromatic carbocycles. The molecule has 2 unspecified atom stereocenters. The summed E-state index contributed by atoms with van der Waals surface area (Å²) in [5.41, 5.74) is 1.14. The zero-order chi connectivity index (χ0) is 14.0. The number of nitrogens with zero attached hydrogens (tertiary/aromatic N) is 2. The molecule has 0 aliphatic carbocycles. The molecular formula is C14H17FN2O2. The van der Waals surface area contributed by atoms with Gasteiger partial charge in [0.25, 0.3) is 0 Å². The monoisotopic (exact) mass is 264 g/mol. The fourth-order valence-corrected chi connectivity index (χ4v) is 1.79. The van der Waals surface area contributed by atoms with Crippen molar-refractivity contribution in [2.24, 2.45) is 0 Å². The molecule has 0 saturated heterocycles. The first-order valence-electron chi connectivity index (χ1n) is 6.31. The molecule has 5 heteroatoms. The van der Waals surface area contributed by atoms with Crippen LogP contribution in [0.15, 0.2) is 22.7 Å². The minimum atomic E-state index is -0.525. The summed E-state index contributed by atoms with van der Waals surface area (Å²) in [4.78, 5) is 4.22. The molecule has 102 valence electrons. The molecule has 2 atom stereocenters. The highest BCUT2D eigenvalue weighted by atomic mass is 19.1. The number of hydrogen-bond acceptors (Lipinski definition) is 4. The molecule has 0 saturated carbocycles. The van der Waals surface area contributed by atoms with E-state index in [1.54, 1.807) is 19.1 Å². The number of rotatable bonds is 4. The van der Waals surface area contributed by atoms with E-state index in [1.807, 2.05) is 13.8 Å². The maximum atomic E-state index is 13.5. The summed E-state index contributed by atoms with van der Waals surface area (Å²) in [7, 11) is 0. The summed E-state index contributed by atoms with van der Waals surface area (Å²) in [6.45, 7) is 5.40. The van der Waals surface area contributed by atoms with Gasteiger partial charge in [0.05, 0.1) is 12.0 Å². The molecule has 4 nitrogen and oxygen atoms in total. The zero-order valence-corrected chi connectivity index (χ0v) is 11.2. The number of halogens is 1. The molecule has 0 fully saturated rings. The Morgan fingerprint density at radius 3 is 2.79 bits per heavy atom. The molecule has 1 aromatic heterocycles. The summed E-state index contributed by atoms with van der Waals surface area (Å²) >= 11 is 0. The third-order valence-corrected chi connectivity index (χ3v) is 3.26. The van der Waals surface area contributed by atoms with Crippen LogP contribution in [-0.2, 0) is 0 Å². The van der Waals surface area contributed by atoms with Crippen LogP contribution in [0.5, 0.6) is 0 Å². The van der Waals surface area contributed by atoms with Crippen LogP contribution in [0, 0.1) is 12.7 Å². The number of aliphatic hydroxyl groups excluding tert-OH is 1. The average molecular weight is 264 g/mol. The fourth-order valence-electron chi connectivity index (χ4n) is 1.79. The molecule has 19 heavy (non-hydrogen) atoms. The van der Waals surface area contributed by atoms with Crippen LogP contribution in [0.4, 0.5) is 4.39 Å². The minimum absolute atomic E-state index is 0.235. The third kappa shape index (κ3) is 2.81. The minimum Gasteiger partial charge on any atom is -0.392 e. The first-order valence-corrected chi connectivity index (χ1v) is 6.31. The topological polar surface area (TPSA) is 59.2 Å². The number of hydrogen-bond donors (Lipinski definition) is 1. The van der Waals surface area contributed by atoms with E-state index >= 15 is 0 Å². The molecule has 0 amide bonds. The van der Waals surface area contributed by atoms with Crippen molar-refractivity contribution in [2.45, 2.75) is 39.2 Å². The first-order chi connectivity index (χ1) is 9.02. The normalized spacial score (nSPS) is 14.4. The van der Waals surface area contributed by atoms with Gasteiger partial charge in [-0.25, -0.2) is 4.39 Å². The van der Waals surface area contributed by atoms with Gasteiger partial charge in [0, 0.05) is 5.56 Å². The van der Waals surface area contributed by atoms with Gasteiger partial charge in [-0.2, -0.15) is 4.98 Å². The molecule has 1 N–H and O–H groups in total. The van der Waals surface area contributed by atoms with Gasteiger partial charge >= 0.3 is 0 Å². The van der Waals surface area contributed by atoms with Gasteiger partial charge in [-0.05, 0) is 25.0 Å². The lowest BCUT2D eigenvalue weighted by Crippen LogP contribution is -2.14. The number of aromatic nitrogens is 2. The largest absolute Gasteiger partial charge is 0.392 e. The molecule has 0 spiro atoms. The van der Waals surface area contributed by atoms with Gasteiger partial charge in [0.2, 0.25) is 11.7 Å². The summed E-state index contributed by atoms with van der Waals surface area (Å²) in [5, 5.41) is 13.6. The molecule has 2 rings (SSSR count). The molecule has 0 radical (unpaired) electrons. The lowest BCUT2D eigenvalue weighted by molar-refractivity contribution is 0.129. The van der Waals surface area contributed by atoms with E-state index in [1.165, 1.54) is 6.07 Å². The van der Waals surface area contributed by atoms with Crippen molar-refractivity contribution in [1.82, 2.24) is 10.1 Å². The van der Waals surface area contributed by atoms with E-state index in [9.17, 15) is 9.50 Å². The third-order valence-electron chi connectivity index (χ3n) is 3.26. The highest BCUT2D eigenvalue weighted by Crippen LogP contribution is 2.24. The quantitative estimate of drug-likeness (QED) is 0.922. The number of aliphatic hydroxyl groups is 1. The molecule has 0 aliphatic heterocycles. The van der Waals surface area contributed by atoms with E-state index in [2.05, 4.69) is 10.1 Å². The van der Waals surface area contributed by atoms with E-state index < -0.39 is 6.10 Å². The van der Waals surface area contributed by atoms with Crippen LogP contribution in [0.2, 0.25) is 0 Å². The predicted molar refractivity (Wildman–Crippen MR) is 69.1 cm³/mol. The molecule has 0 bridgehead atoms. The smallest absolute Gasteiger partial charge is 0.232 e. The lowest BCUT2D eigenvalue weighted by atomic mass is 10.0. The number of aryl methyl sites for hydroxylation is 1. The standard InChI is InChI=1S/C14H17FN2O2/c1-4-12(18)9(3)14-16-13(17-19-14)10-6-5-8(2)11(15)7-10/h5-7,9,12,18H,4H2,1-3H3. The Labute approximate surface area is 111 Å². The van der Waals surface area contributed by atoms with Gasteiger partial charge in [-0.1, -0.05) is 31.1 Å². The van der Waals surface area contributed by atoms with Crippen LogP contribution in [0.3, 0.4) is 0 Å². The van der Waals surface area contributed by atoms with Crippen molar-refractivity contribution >= 4 is 0 Å². The summed E-state index contributed by atoms with van der Waals surface area (Å²) in [5.74, 6) is 0.168. The summed E-state index contributed by atoms with van der Waals surface area (Å²) in [6, 6.07) is 4.80. The van der Waals surface area contributed by atoms with Crippen molar-refractivity contribution in [3.8, 4) is 11.4 Å². The maximum Gasteiger partial charge on any atom is 0.232 e. The van der Waals surface area contributed by atoms with Crippen molar-refractivity contribution < 1.29 is 14.0 Å². The fraction of sp³-hybridized carbons (Fsp3) is 0.429. The van der Waals surface area contributed by atoms with Crippen molar-refractivity contribution in [1.29, 1.82) is 0 Å². The van der Waals surface area contributed by atoms with Crippen LogP contribution in [0.1, 0.15) is 37.6 Å². The Morgan fingerprint density at radius 2 is 2.16 bits per heavy atom. The van der Waals surface area contributed by atoms with Gasteiger partial charge < -0.3 is 9.63 Å². The van der Waals surface area contributed by atoms with Crippen LogP contribution in [0.25, 0.3) is 11.4 Å². The van der Waals surface area contributed by atoms with E-state index in [0.717, 1.165) is 0 Å². The van der Waals surface area contributed by atoms with Crippen LogP contribution in [-0.4, -0.2) is 21.4 Å². The predicted octanol–water partition coefficient (Wildman–Crippen LogP) is 3.06. The molecule has 2 aromatic rings. The van der Waals surface area contributed by atoms with Gasteiger partial charge in [0.15, 0.2) is 0 Å². The van der Waals surface area contributed by atoms with E-state index in [4.69, 9.17) is 4.52 Å².